The molecule has 1 aromatic carbocycles. The predicted molar refractivity (Wildman–Crippen MR) is 74.1 cm³/mol. The molecule has 1 fully saturated rings. The summed E-state index contributed by atoms with van der Waals surface area (Å²) in [7, 11) is 0. The van der Waals surface area contributed by atoms with Crippen molar-refractivity contribution in [3.05, 3.63) is 34.3 Å². The Hall–Kier alpha value is -0.380. The minimum absolute atomic E-state index is 0.241. The van der Waals surface area contributed by atoms with E-state index in [0.717, 1.165) is 30.5 Å². The zero-order chi connectivity index (χ0) is 12.1. The second kappa shape index (κ2) is 6.53. The summed E-state index contributed by atoms with van der Waals surface area (Å²) in [5.74, 6) is 0. The first kappa shape index (κ1) is 13.1. The average molecular weight is 298 g/mol. The molecule has 1 heterocycles. The molecular formula is C14H20BrNO. The van der Waals surface area contributed by atoms with Crippen molar-refractivity contribution in [2.24, 2.45) is 0 Å². The summed E-state index contributed by atoms with van der Waals surface area (Å²) in [5, 5.41) is 10.1. The van der Waals surface area contributed by atoms with Gasteiger partial charge in [-0.15, -0.1) is 0 Å². The van der Waals surface area contributed by atoms with Gasteiger partial charge in [0.15, 0.2) is 0 Å². The van der Waals surface area contributed by atoms with Crippen molar-refractivity contribution in [1.29, 1.82) is 0 Å². The third-order valence-electron chi connectivity index (χ3n) is 3.30. The Bertz CT molecular complexity index is 333. The highest BCUT2D eigenvalue weighted by molar-refractivity contribution is 9.10. The van der Waals surface area contributed by atoms with Crippen molar-refractivity contribution in [2.75, 3.05) is 19.6 Å². The SMILES string of the molecule is O[C@H](Cc1ccc(Br)cc1)CN1CCCCC1. The molecule has 1 aliphatic heterocycles. The molecule has 17 heavy (non-hydrogen) atoms. The highest BCUT2D eigenvalue weighted by Crippen LogP contribution is 2.13. The largest absolute Gasteiger partial charge is 0.391 e. The molecule has 0 bridgehead atoms. The maximum absolute atomic E-state index is 10.1. The smallest absolute Gasteiger partial charge is 0.0707 e. The minimum Gasteiger partial charge on any atom is -0.391 e. The maximum Gasteiger partial charge on any atom is 0.0707 e. The van der Waals surface area contributed by atoms with Crippen molar-refractivity contribution in [3.8, 4) is 0 Å². The van der Waals surface area contributed by atoms with Gasteiger partial charge in [0.1, 0.15) is 0 Å². The fourth-order valence-electron chi connectivity index (χ4n) is 2.40. The van der Waals surface area contributed by atoms with Gasteiger partial charge in [0.25, 0.3) is 0 Å². The van der Waals surface area contributed by atoms with E-state index in [0.29, 0.717) is 0 Å². The molecule has 0 unspecified atom stereocenters. The number of rotatable bonds is 4. The third-order valence-corrected chi connectivity index (χ3v) is 3.83. The van der Waals surface area contributed by atoms with E-state index in [9.17, 15) is 5.11 Å². The van der Waals surface area contributed by atoms with Gasteiger partial charge in [-0.3, -0.25) is 0 Å². The van der Waals surface area contributed by atoms with Gasteiger partial charge in [0, 0.05) is 11.0 Å². The average Bonchev–Trinajstić information content (AvgIpc) is 2.33. The molecule has 1 aromatic rings. The van der Waals surface area contributed by atoms with Gasteiger partial charge >= 0.3 is 0 Å². The molecule has 2 nitrogen and oxygen atoms in total. The van der Waals surface area contributed by atoms with E-state index in [1.54, 1.807) is 0 Å². The van der Waals surface area contributed by atoms with E-state index in [1.165, 1.54) is 24.8 Å². The van der Waals surface area contributed by atoms with Gasteiger partial charge in [-0.1, -0.05) is 34.5 Å². The Morgan fingerprint density at radius 2 is 1.76 bits per heavy atom. The molecule has 0 aromatic heterocycles. The quantitative estimate of drug-likeness (QED) is 0.924. The second-order valence-corrected chi connectivity index (χ2v) is 5.76. The number of nitrogens with zero attached hydrogens (tertiary/aromatic N) is 1. The predicted octanol–water partition coefficient (Wildman–Crippen LogP) is 2.84. The Morgan fingerprint density at radius 1 is 1.12 bits per heavy atom. The van der Waals surface area contributed by atoms with Crippen LogP contribution in [0, 0.1) is 0 Å². The third kappa shape index (κ3) is 4.41. The van der Waals surface area contributed by atoms with Gasteiger partial charge in [-0.2, -0.15) is 0 Å². The summed E-state index contributed by atoms with van der Waals surface area (Å²) >= 11 is 3.42. The van der Waals surface area contributed by atoms with Crippen LogP contribution in [0.1, 0.15) is 24.8 Å². The van der Waals surface area contributed by atoms with Gasteiger partial charge in [0.2, 0.25) is 0 Å². The number of aliphatic hydroxyl groups is 1. The highest BCUT2D eigenvalue weighted by atomic mass is 79.9. The Balaban J connectivity index is 1.79. The first-order valence-corrected chi connectivity index (χ1v) is 7.18. The van der Waals surface area contributed by atoms with E-state index in [1.807, 2.05) is 12.1 Å². The zero-order valence-electron chi connectivity index (χ0n) is 10.1. The molecule has 0 radical (unpaired) electrons. The van der Waals surface area contributed by atoms with Crippen molar-refractivity contribution in [3.63, 3.8) is 0 Å². The van der Waals surface area contributed by atoms with Crippen LogP contribution >= 0.6 is 15.9 Å². The summed E-state index contributed by atoms with van der Waals surface area (Å²) < 4.78 is 1.09. The highest BCUT2D eigenvalue weighted by Gasteiger charge is 2.14. The van der Waals surface area contributed by atoms with Crippen molar-refractivity contribution < 1.29 is 5.11 Å². The van der Waals surface area contributed by atoms with E-state index >= 15 is 0 Å². The maximum atomic E-state index is 10.1. The monoisotopic (exact) mass is 297 g/mol. The first-order chi connectivity index (χ1) is 8.24. The topological polar surface area (TPSA) is 23.5 Å². The van der Waals surface area contributed by atoms with Crippen molar-refractivity contribution in [2.45, 2.75) is 31.8 Å². The molecule has 1 N–H and O–H groups in total. The summed E-state index contributed by atoms with van der Waals surface area (Å²) in [6.07, 6.45) is 4.42. The van der Waals surface area contributed by atoms with E-state index in [-0.39, 0.29) is 6.10 Å². The van der Waals surface area contributed by atoms with Crippen molar-refractivity contribution >= 4 is 15.9 Å². The number of likely N-dealkylation sites (tertiary alicyclic amines) is 1. The number of aliphatic hydroxyl groups excluding tert-OH is 1. The molecule has 1 saturated heterocycles. The lowest BCUT2D eigenvalue weighted by atomic mass is 10.1. The second-order valence-electron chi connectivity index (χ2n) is 4.85. The van der Waals surface area contributed by atoms with Gasteiger partial charge in [-0.05, 0) is 50.0 Å². The van der Waals surface area contributed by atoms with Gasteiger partial charge in [-0.25, -0.2) is 0 Å². The van der Waals surface area contributed by atoms with E-state index in [2.05, 4.69) is 33.0 Å². The number of hydrogen-bond donors (Lipinski definition) is 1. The molecule has 3 heteroatoms. The lowest BCUT2D eigenvalue weighted by Crippen LogP contribution is -2.37. The van der Waals surface area contributed by atoms with Crippen LogP contribution in [0.15, 0.2) is 28.7 Å². The number of β-amino-alcohol motifs (C(OH)–C–C–N with tert-alkyl or cyclic N) is 1. The summed E-state index contributed by atoms with van der Waals surface area (Å²) in [6.45, 7) is 3.12. The van der Waals surface area contributed by atoms with Crippen LogP contribution in [0.3, 0.4) is 0 Å². The Kier molecular flexibility index (Phi) is 5.01. The fraction of sp³-hybridized carbons (Fsp3) is 0.571. The summed E-state index contributed by atoms with van der Waals surface area (Å²) in [6, 6.07) is 8.21. The van der Waals surface area contributed by atoms with Crippen LogP contribution in [0.2, 0.25) is 0 Å². The molecule has 2 rings (SSSR count). The molecule has 1 atom stereocenters. The standard InChI is InChI=1S/C14H20BrNO/c15-13-6-4-12(5-7-13)10-14(17)11-16-8-2-1-3-9-16/h4-7,14,17H,1-3,8-11H2/t14-/m1/s1. The van der Waals surface area contributed by atoms with Crippen LogP contribution in [-0.2, 0) is 6.42 Å². The van der Waals surface area contributed by atoms with Crippen LogP contribution in [0.4, 0.5) is 0 Å². The minimum atomic E-state index is -0.241. The summed E-state index contributed by atoms with van der Waals surface area (Å²) in [4.78, 5) is 2.38. The molecule has 0 aliphatic carbocycles. The molecule has 94 valence electrons. The van der Waals surface area contributed by atoms with Crippen LogP contribution < -0.4 is 0 Å². The lowest BCUT2D eigenvalue weighted by Gasteiger charge is -2.28. The number of benzene rings is 1. The van der Waals surface area contributed by atoms with Crippen LogP contribution in [0.25, 0.3) is 0 Å². The zero-order valence-corrected chi connectivity index (χ0v) is 11.7. The van der Waals surface area contributed by atoms with Crippen LogP contribution in [0.5, 0.6) is 0 Å². The Labute approximate surface area is 112 Å². The number of hydrogen-bond acceptors (Lipinski definition) is 2. The van der Waals surface area contributed by atoms with Crippen molar-refractivity contribution in [1.82, 2.24) is 4.90 Å². The first-order valence-electron chi connectivity index (χ1n) is 6.39. The normalized spacial score (nSPS) is 19.2. The molecule has 0 saturated carbocycles. The van der Waals surface area contributed by atoms with Gasteiger partial charge < -0.3 is 10.0 Å². The fourth-order valence-corrected chi connectivity index (χ4v) is 2.66. The number of halogens is 1. The molecule has 1 aliphatic rings. The molecule has 0 spiro atoms. The number of piperidine rings is 1. The van der Waals surface area contributed by atoms with Gasteiger partial charge in [0.05, 0.1) is 6.10 Å². The molecule has 0 amide bonds. The Morgan fingerprint density at radius 3 is 2.41 bits per heavy atom. The van der Waals surface area contributed by atoms with Crippen LogP contribution in [-0.4, -0.2) is 35.7 Å². The summed E-state index contributed by atoms with van der Waals surface area (Å²) in [5.41, 5.74) is 1.21. The van der Waals surface area contributed by atoms with E-state index in [4.69, 9.17) is 0 Å². The molecular weight excluding hydrogens is 278 g/mol. The lowest BCUT2D eigenvalue weighted by molar-refractivity contribution is 0.101. The van der Waals surface area contributed by atoms with E-state index < -0.39 is 0 Å².